The maximum Gasteiger partial charge on any atom is 0.338 e. The molecule has 0 amide bonds. The minimum absolute atomic E-state index is 0.158. The smallest absolute Gasteiger partial charge is 0.338 e. The second kappa shape index (κ2) is 9.26. The van der Waals surface area contributed by atoms with Crippen molar-refractivity contribution in [1.82, 2.24) is 14.4 Å². The molecule has 0 saturated carbocycles. The van der Waals surface area contributed by atoms with Gasteiger partial charge in [-0.05, 0) is 62.3 Å². The Morgan fingerprint density at radius 3 is 2.63 bits per heavy atom. The van der Waals surface area contributed by atoms with Gasteiger partial charge in [-0.15, -0.1) is 0 Å². The molecule has 2 aromatic rings. The van der Waals surface area contributed by atoms with Crippen LogP contribution in [0.25, 0.3) is 0 Å². The molecule has 3 rings (SSSR count). The Morgan fingerprint density at radius 2 is 1.97 bits per heavy atom. The second-order valence-electron chi connectivity index (χ2n) is 7.93. The van der Waals surface area contributed by atoms with E-state index in [1.54, 1.807) is 19.9 Å². The van der Waals surface area contributed by atoms with Crippen LogP contribution in [-0.4, -0.2) is 41.9 Å². The highest BCUT2D eigenvalue weighted by molar-refractivity contribution is 7.89. The van der Waals surface area contributed by atoms with Crippen LogP contribution in [0.3, 0.4) is 0 Å². The van der Waals surface area contributed by atoms with Crippen molar-refractivity contribution < 1.29 is 22.5 Å². The topological polar surface area (TPSA) is 103 Å². The summed E-state index contributed by atoms with van der Waals surface area (Å²) in [4.78, 5) is 16.9. The molecule has 30 heavy (non-hydrogen) atoms. The number of esters is 1. The van der Waals surface area contributed by atoms with Crippen LogP contribution >= 0.6 is 0 Å². The molecule has 1 saturated heterocycles. The fraction of sp³-hybridized carbons (Fsp3) is 0.571. The van der Waals surface area contributed by atoms with Crippen LogP contribution in [0.1, 0.15) is 66.3 Å². The number of carbonyl (C=O) groups excluding carboxylic acids is 1. The van der Waals surface area contributed by atoms with Gasteiger partial charge in [-0.3, -0.25) is 0 Å². The number of aryl methyl sites for hydroxylation is 2. The minimum atomic E-state index is -3.68. The molecule has 9 heteroatoms. The third-order valence-electron chi connectivity index (χ3n) is 5.53. The Bertz CT molecular complexity index is 1010. The summed E-state index contributed by atoms with van der Waals surface area (Å²) in [6.45, 7) is 8.52. The van der Waals surface area contributed by atoms with E-state index in [1.807, 2.05) is 6.92 Å². The fourth-order valence-corrected chi connectivity index (χ4v) is 5.26. The lowest BCUT2D eigenvalue weighted by Crippen LogP contribution is -2.38. The number of benzene rings is 1. The summed E-state index contributed by atoms with van der Waals surface area (Å²) >= 11 is 0. The Labute approximate surface area is 177 Å². The highest BCUT2D eigenvalue weighted by Crippen LogP contribution is 2.28. The maximum atomic E-state index is 13.2. The second-order valence-corrected chi connectivity index (χ2v) is 9.84. The van der Waals surface area contributed by atoms with Crippen molar-refractivity contribution in [1.29, 1.82) is 0 Å². The largest absolute Gasteiger partial charge is 0.452 e. The van der Waals surface area contributed by atoms with E-state index in [9.17, 15) is 13.2 Å². The minimum Gasteiger partial charge on any atom is -0.452 e. The summed E-state index contributed by atoms with van der Waals surface area (Å²) in [5.41, 5.74) is 1.55. The molecule has 0 aliphatic carbocycles. The molecule has 1 fully saturated rings. The van der Waals surface area contributed by atoms with Gasteiger partial charge in [-0.25, -0.2) is 13.2 Å². The number of ether oxygens (including phenoxy) is 1. The normalized spacial score (nSPS) is 16.0. The number of hydrogen-bond donors (Lipinski definition) is 0. The standard InChI is InChI=1S/C21H29N3O5S/c1-5-6-19-22-20(29-23-19)13-28-21(25)17-11-15(3)16(4)18(12-17)30(26,27)24-9-7-14(2)8-10-24/h11-12,14H,5-10,13H2,1-4H3. The molecule has 1 aromatic carbocycles. The number of piperidine rings is 1. The third-order valence-corrected chi connectivity index (χ3v) is 7.55. The summed E-state index contributed by atoms with van der Waals surface area (Å²) < 4.78 is 38.3. The summed E-state index contributed by atoms with van der Waals surface area (Å²) in [5.74, 6) is 0.671. The lowest BCUT2D eigenvalue weighted by molar-refractivity contribution is 0.0429. The first-order valence-corrected chi connectivity index (χ1v) is 11.8. The SMILES string of the molecule is CCCc1noc(COC(=O)c2cc(C)c(C)c(S(=O)(=O)N3CCC(C)CC3)c2)n1. The highest BCUT2D eigenvalue weighted by Gasteiger charge is 2.30. The molecule has 0 unspecified atom stereocenters. The van der Waals surface area contributed by atoms with Gasteiger partial charge in [0.1, 0.15) is 0 Å². The molecule has 1 aromatic heterocycles. The summed E-state index contributed by atoms with van der Waals surface area (Å²) in [6, 6.07) is 3.06. The first-order chi connectivity index (χ1) is 14.2. The molecule has 1 aliphatic heterocycles. The molecular formula is C21H29N3O5S. The molecule has 0 bridgehead atoms. The number of sulfonamides is 1. The van der Waals surface area contributed by atoms with Gasteiger partial charge in [0.05, 0.1) is 10.5 Å². The van der Waals surface area contributed by atoms with E-state index in [1.165, 1.54) is 10.4 Å². The van der Waals surface area contributed by atoms with Gasteiger partial charge in [0.15, 0.2) is 12.4 Å². The van der Waals surface area contributed by atoms with Crippen molar-refractivity contribution in [2.45, 2.75) is 64.9 Å². The predicted octanol–water partition coefficient (Wildman–Crippen LogP) is 3.42. The van der Waals surface area contributed by atoms with Crippen LogP contribution < -0.4 is 0 Å². The number of rotatable bonds is 7. The van der Waals surface area contributed by atoms with E-state index >= 15 is 0 Å². The van der Waals surface area contributed by atoms with Crippen LogP contribution in [-0.2, 0) is 27.8 Å². The van der Waals surface area contributed by atoms with E-state index in [-0.39, 0.29) is 23.0 Å². The number of aromatic nitrogens is 2. The van der Waals surface area contributed by atoms with Crippen molar-refractivity contribution in [3.8, 4) is 0 Å². The monoisotopic (exact) mass is 435 g/mol. The molecule has 0 atom stereocenters. The van der Waals surface area contributed by atoms with Crippen LogP contribution in [0.5, 0.6) is 0 Å². The average molecular weight is 436 g/mol. The zero-order valence-corrected chi connectivity index (χ0v) is 18.8. The molecule has 8 nitrogen and oxygen atoms in total. The van der Waals surface area contributed by atoms with Crippen LogP contribution in [0.15, 0.2) is 21.6 Å². The number of nitrogens with zero attached hydrogens (tertiary/aromatic N) is 3. The molecular weight excluding hydrogens is 406 g/mol. The maximum absolute atomic E-state index is 13.2. The molecule has 0 spiro atoms. The quantitative estimate of drug-likeness (QED) is 0.614. The Morgan fingerprint density at radius 1 is 1.27 bits per heavy atom. The van der Waals surface area contributed by atoms with E-state index in [0.29, 0.717) is 36.8 Å². The fourth-order valence-electron chi connectivity index (χ4n) is 3.46. The van der Waals surface area contributed by atoms with Gasteiger partial charge in [-0.1, -0.05) is 19.0 Å². The zero-order chi connectivity index (χ0) is 21.9. The highest BCUT2D eigenvalue weighted by atomic mass is 32.2. The van der Waals surface area contributed by atoms with Crippen LogP contribution in [0.4, 0.5) is 0 Å². The Hall–Kier alpha value is -2.26. The first kappa shape index (κ1) is 22.4. The number of carbonyl (C=O) groups is 1. The molecule has 164 valence electrons. The van der Waals surface area contributed by atoms with Gasteiger partial charge >= 0.3 is 5.97 Å². The van der Waals surface area contributed by atoms with Crippen molar-refractivity contribution in [3.63, 3.8) is 0 Å². The third kappa shape index (κ3) is 4.89. The molecule has 0 N–H and O–H groups in total. The predicted molar refractivity (Wildman–Crippen MR) is 110 cm³/mol. The van der Waals surface area contributed by atoms with Crippen LogP contribution in [0.2, 0.25) is 0 Å². The summed E-state index contributed by atoms with van der Waals surface area (Å²) in [6.07, 6.45) is 3.24. The van der Waals surface area contributed by atoms with Crippen molar-refractivity contribution in [2.75, 3.05) is 13.1 Å². The lowest BCUT2D eigenvalue weighted by atomic mass is 10.0. The number of hydrogen-bond acceptors (Lipinski definition) is 7. The summed E-state index contributed by atoms with van der Waals surface area (Å²) in [5, 5.41) is 3.82. The Balaban J connectivity index is 1.79. The van der Waals surface area contributed by atoms with Gasteiger partial charge in [0, 0.05) is 19.5 Å². The zero-order valence-electron chi connectivity index (χ0n) is 18.0. The van der Waals surface area contributed by atoms with E-state index in [4.69, 9.17) is 9.26 Å². The average Bonchev–Trinajstić information content (AvgIpc) is 3.16. The Kier molecular flexibility index (Phi) is 6.92. The molecule has 1 aliphatic rings. The van der Waals surface area contributed by atoms with Crippen molar-refractivity contribution in [3.05, 3.63) is 40.5 Å². The van der Waals surface area contributed by atoms with Crippen molar-refractivity contribution in [2.24, 2.45) is 5.92 Å². The van der Waals surface area contributed by atoms with Gasteiger partial charge in [0.25, 0.3) is 5.89 Å². The van der Waals surface area contributed by atoms with Crippen LogP contribution in [0, 0.1) is 19.8 Å². The molecule has 0 radical (unpaired) electrons. The van der Waals surface area contributed by atoms with Gasteiger partial charge in [0.2, 0.25) is 10.0 Å². The van der Waals surface area contributed by atoms with E-state index in [2.05, 4.69) is 17.1 Å². The molecule has 2 heterocycles. The lowest BCUT2D eigenvalue weighted by Gasteiger charge is -2.30. The van der Waals surface area contributed by atoms with E-state index in [0.717, 1.165) is 24.8 Å². The first-order valence-electron chi connectivity index (χ1n) is 10.3. The van der Waals surface area contributed by atoms with Gasteiger partial charge < -0.3 is 9.26 Å². The summed E-state index contributed by atoms with van der Waals surface area (Å²) in [7, 11) is -3.68. The van der Waals surface area contributed by atoms with Crippen molar-refractivity contribution >= 4 is 16.0 Å². The van der Waals surface area contributed by atoms with E-state index < -0.39 is 16.0 Å². The van der Waals surface area contributed by atoms with Gasteiger partial charge in [-0.2, -0.15) is 9.29 Å².